The number of hydrogen-bond donors (Lipinski definition) is 1. The van der Waals surface area contributed by atoms with Gasteiger partial charge >= 0.3 is 0 Å². The zero-order valence-electron chi connectivity index (χ0n) is 15.6. The van der Waals surface area contributed by atoms with Gasteiger partial charge in [-0.05, 0) is 24.3 Å². The number of nitrogens with zero attached hydrogens (tertiary/aromatic N) is 1. The predicted octanol–water partition coefficient (Wildman–Crippen LogP) is 2.21. The fraction of sp³-hybridized carbons (Fsp3) is 0.429. The van der Waals surface area contributed by atoms with Gasteiger partial charge in [0.1, 0.15) is 42.7 Å². The Morgan fingerprint density at radius 3 is 2.67 bits per heavy atom. The van der Waals surface area contributed by atoms with Gasteiger partial charge in [0.05, 0.1) is 13.7 Å². The van der Waals surface area contributed by atoms with Crippen LogP contribution >= 0.6 is 0 Å². The number of para-hydroxylation sites is 1. The molecule has 6 nitrogen and oxygen atoms in total. The molecule has 1 aliphatic heterocycles. The Hall–Kier alpha value is -2.28. The minimum atomic E-state index is -0.553. The molecule has 1 saturated heterocycles. The van der Waals surface area contributed by atoms with E-state index in [0.717, 1.165) is 23.8 Å². The molecule has 0 aliphatic carbocycles. The minimum Gasteiger partial charge on any atom is -0.497 e. The molecule has 1 heterocycles. The summed E-state index contributed by atoms with van der Waals surface area (Å²) in [6.07, 6.45) is -0.588. The third kappa shape index (κ3) is 6.43. The van der Waals surface area contributed by atoms with Gasteiger partial charge in [0.15, 0.2) is 0 Å². The number of rotatable bonds is 9. The van der Waals surface area contributed by atoms with Crippen LogP contribution in [0.1, 0.15) is 0 Å². The summed E-state index contributed by atoms with van der Waals surface area (Å²) in [5.41, 5.74) is 0. The average molecular weight is 373 g/mol. The zero-order chi connectivity index (χ0) is 18.9. The van der Waals surface area contributed by atoms with Gasteiger partial charge in [-0.2, -0.15) is 0 Å². The van der Waals surface area contributed by atoms with Crippen LogP contribution in [0.5, 0.6) is 17.2 Å². The molecule has 0 radical (unpaired) electrons. The lowest BCUT2D eigenvalue weighted by molar-refractivity contribution is -0.0601. The molecule has 1 aliphatic rings. The third-order valence-electron chi connectivity index (χ3n) is 4.35. The highest BCUT2D eigenvalue weighted by Gasteiger charge is 2.23. The van der Waals surface area contributed by atoms with Crippen molar-refractivity contribution in [1.82, 2.24) is 4.90 Å². The van der Waals surface area contributed by atoms with Gasteiger partial charge in [-0.1, -0.05) is 24.3 Å². The minimum absolute atomic E-state index is 0.0350. The Labute approximate surface area is 160 Å². The molecule has 0 bridgehead atoms. The summed E-state index contributed by atoms with van der Waals surface area (Å²) >= 11 is 0. The van der Waals surface area contributed by atoms with Crippen LogP contribution in [0.2, 0.25) is 0 Å². The van der Waals surface area contributed by atoms with Gasteiger partial charge in [0.2, 0.25) is 0 Å². The zero-order valence-corrected chi connectivity index (χ0v) is 15.6. The molecule has 0 spiro atoms. The Bertz CT molecular complexity index is 681. The number of benzene rings is 2. The molecule has 2 atom stereocenters. The fourth-order valence-corrected chi connectivity index (χ4v) is 2.99. The van der Waals surface area contributed by atoms with E-state index >= 15 is 0 Å². The number of morpholine rings is 1. The first kappa shape index (κ1) is 19.5. The number of aliphatic hydroxyl groups excluding tert-OH is 1. The van der Waals surface area contributed by atoms with Gasteiger partial charge in [-0.3, -0.25) is 4.90 Å². The molecule has 0 amide bonds. The smallest absolute Gasteiger partial charge is 0.123 e. The second-order valence-corrected chi connectivity index (χ2v) is 6.52. The summed E-state index contributed by atoms with van der Waals surface area (Å²) in [4.78, 5) is 2.18. The summed E-state index contributed by atoms with van der Waals surface area (Å²) in [6, 6.07) is 17.0. The Morgan fingerprint density at radius 2 is 1.85 bits per heavy atom. The number of hydrogen-bond acceptors (Lipinski definition) is 6. The topological polar surface area (TPSA) is 60.4 Å². The van der Waals surface area contributed by atoms with Crippen LogP contribution in [-0.2, 0) is 4.74 Å². The Balaban J connectivity index is 1.40. The van der Waals surface area contributed by atoms with E-state index in [9.17, 15) is 5.11 Å². The van der Waals surface area contributed by atoms with Crippen molar-refractivity contribution in [3.63, 3.8) is 0 Å². The van der Waals surface area contributed by atoms with Crippen LogP contribution in [0.4, 0.5) is 0 Å². The largest absolute Gasteiger partial charge is 0.497 e. The number of β-amino-alcohol motifs (C(OH)–C–C–N with tert-alkyl or cyclic N) is 1. The van der Waals surface area contributed by atoms with Crippen LogP contribution in [0.15, 0.2) is 54.6 Å². The van der Waals surface area contributed by atoms with E-state index in [-0.39, 0.29) is 12.7 Å². The van der Waals surface area contributed by atoms with Crippen LogP contribution < -0.4 is 14.2 Å². The van der Waals surface area contributed by atoms with Crippen molar-refractivity contribution >= 4 is 0 Å². The van der Waals surface area contributed by atoms with Crippen molar-refractivity contribution < 1.29 is 24.1 Å². The van der Waals surface area contributed by atoms with Gasteiger partial charge in [0.25, 0.3) is 0 Å². The van der Waals surface area contributed by atoms with Crippen LogP contribution in [-0.4, -0.2) is 68.8 Å². The van der Waals surface area contributed by atoms with Gasteiger partial charge in [0, 0.05) is 25.7 Å². The molecule has 6 heteroatoms. The first-order valence-electron chi connectivity index (χ1n) is 9.19. The maximum atomic E-state index is 10.3. The van der Waals surface area contributed by atoms with E-state index in [0.29, 0.717) is 26.3 Å². The van der Waals surface area contributed by atoms with Crippen LogP contribution in [0.3, 0.4) is 0 Å². The average Bonchev–Trinajstić information content (AvgIpc) is 2.72. The molecule has 146 valence electrons. The second kappa shape index (κ2) is 10.2. The van der Waals surface area contributed by atoms with Crippen molar-refractivity contribution in [2.24, 2.45) is 0 Å². The van der Waals surface area contributed by atoms with Crippen molar-refractivity contribution in [3.05, 3.63) is 54.6 Å². The first-order chi connectivity index (χ1) is 13.2. The predicted molar refractivity (Wildman–Crippen MR) is 103 cm³/mol. The lowest BCUT2D eigenvalue weighted by Gasteiger charge is -2.33. The number of ether oxygens (including phenoxy) is 4. The summed E-state index contributed by atoms with van der Waals surface area (Å²) in [5.74, 6) is 2.29. The van der Waals surface area contributed by atoms with E-state index in [1.165, 1.54) is 0 Å². The van der Waals surface area contributed by atoms with Gasteiger partial charge in [-0.15, -0.1) is 0 Å². The molecular formula is C21H27NO5. The summed E-state index contributed by atoms with van der Waals surface area (Å²) < 4.78 is 22.4. The second-order valence-electron chi connectivity index (χ2n) is 6.52. The lowest BCUT2D eigenvalue weighted by Crippen LogP contribution is -2.48. The van der Waals surface area contributed by atoms with E-state index in [1.807, 2.05) is 54.6 Å². The highest BCUT2D eigenvalue weighted by molar-refractivity contribution is 5.32. The summed E-state index contributed by atoms with van der Waals surface area (Å²) in [7, 11) is 1.63. The summed E-state index contributed by atoms with van der Waals surface area (Å²) in [5, 5.41) is 10.3. The molecule has 2 aromatic rings. The number of aliphatic hydroxyl groups is 1. The maximum absolute atomic E-state index is 10.3. The molecule has 1 N–H and O–H groups in total. The molecular weight excluding hydrogens is 346 g/mol. The van der Waals surface area contributed by atoms with Crippen LogP contribution in [0, 0.1) is 0 Å². The molecule has 3 rings (SSSR count). The van der Waals surface area contributed by atoms with E-state index < -0.39 is 6.10 Å². The lowest BCUT2D eigenvalue weighted by atomic mass is 10.2. The molecule has 0 saturated carbocycles. The molecule has 1 fully saturated rings. The number of methoxy groups -OCH3 is 1. The summed E-state index contributed by atoms with van der Waals surface area (Å²) in [6.45, 7) is 3.40. The first-order valence-corrected chi connectivity index (χ1v) is 9.19. The quantitative estimate of drug-likeness (QED) is 0.727. The van der Waals surface area contributed by atoms with Crippen molar-refractivity contribution in [2.45, 2.75) is 12.2 Å². The van der Waals surface area contributed by atoms with Crippen LogP contribution in [0.25, 0.3) is 0 Å². The highest BCUT2D eigenvalue weighted by atomic mass is 16.5. The monoisotopic (exact) mass is 373 g/mol. The molecule has 0 unspecified atom stereocenters. The third-order valence-corrected chi connectivity index (χ3v) is 4.35. The fourth-order valence-electron chi connectivity index (χ4n) is 2.99. The highest BCUT2D eigenvalue weighted by Crippen LogP contribution is 2.19. The Kier molecular flexibility index (Phi) is 7.33. The SMILES string of the molecule is COc1cccc(OC[C@H]2CN(C[C@H](O)COc3ccccc3)CCO2)c1. The van der Waals surface area contributed by atoms with Crippen molar-refractivity contribution in [3.8, 4) is 17.2 Å². The van der Waals surface area contributed by atoms with Crippen molar-refractivity contribution in [2.75, 3.05) is 46.6 Å². The molecule has 27 heavy (non-hydrogen) atoms. The normalized spacial score (nSPS) is 18.7. The van der Waals surface area contributed by atoms with E-state index in [2.05, 4.69) is 4.90 Å². The maximum Gasteiger partial charge on any atom is 0.123 e. The molecule has 2 aromatic carbocycles. The molecule has 0 aromatic heterocycles. The standard InChI is InChI=1S/C21H27NO5/c1-24-19-8-5-9-20(12-19)27-16-21-14-22(10-11-25-21)13-17(23)15-26-18-6-3-2-4-7-18/h2-9,12,17,21,23H,10-11,13-16H2,1H3/t17-,21+/m0/s1. The van der Waals surface area contributed by atoms with Gasteiger partial charge < -0.3 is 24.1 Å². The van der Waals surface area contributed by atoms with Gasteiger partial charge in [-0.25, -0.2) is 0 Å². The van der Waals surface area contributed by atoms with Crippen molar-refractivity contribution in [1.29, 1.82) is 0 Å². The van der Waals surface area contributed by atoms with E-state index in [4.69, 9.17) is 18.9 Å². The Morgan fingerprint density at radius 1 is 1.07 bits per heavy atom. The van der Waals surface area contributed by atoms with E-state index in [1.54, 1.807) is 7.11 Å².